The van der Waals surface area contributed by atoms with Crippen LogP contribution in [0.3, 0.4) is 0 Å². The first-order chi connectivity index (χ1) is 10.8. The Labute approximate surface area is 132 Å². The van der Waals surface area contributed by atoms with E-state index in [-0.39, 0.29) is 18.7 Å². The summed E-state index contributed by atoms with van der Waals surface area (Å²) < 4.78 is 44.3. The molecule has 0 radical (unpaired) electrons. The maximum Gasteiger partial charge on any atom is 0.337 e. The predicted molar refractivity (Wildman–Crippen MR) is 76.9 cm³/mol. The van der Waals surface area contributed by atoms with Crippen molar-refractivity contribution >= 4 is 22.0 Å². The number of rotatable bonds is 4. The highest BCUT2D eigenvalue weighted by Gasteiger charge is 2.33. The summed E-state index contributed by atoms with van der Waals surface area (Å²) in [4.78, 5) is 22.1. The van der Waals surface area contributed by atoms with Crippen LogP contribution in [0.25, 0.3) is 0 Å². The highest BCUT2D eigenvalue weighted by molar-refractivity contribution is 7.89. The van der Waals surface area contributed by atoms with Gasteiger partial charge in [-0.15, -0.1) is 0 Å². The van der Waals surface area contributed by atoms with Gasteiger partial charge in [0.1, 0.15) is 5.82 Å². The minimum absolute atomic E-state index is 0.149. The van der Waals surface area contributed by atoms with E-state index in [2.05, 4.69) is 4.74 Å². The lowest BCUT2D eigenvalue weighted by Gasteiger charge is -2.29. The molecule has 2 rings (SSSR count). The van der Waals surface area contributed by atoms with Crippen LogP contribution >= 0.6 is 0 Å². The number of sulfonamides is 1. The molecule has 1 heterocycles. The molecule has 0 aromatic heterocycles. The molecule has 1 aliphatic heterocycles. The molecule has 1 aliphatic rings. The molecule has 1 unspecified atom stereocenters. The summed E-state index contributed by atoms with van der Waals surface area (Å²) in [6.07, 6.45) is 0.785. The largest absolute Gasteiger partial charge is 0.481 e. The van der Waals surface area contributed by atoms with Gasteiger partial charge in [0.2, 0.25) is 10.0 Å². The van der Waals surface area contributed by atoms with Gasteiger partial charge in [0.15, 0.2) is 0 Å². The molecule has 126 valence electrons. The fourth-order valence-corrected chi connectivity index (χ4v) is 4.04. The Morgan fingerprint density at radius 3 is 2.65 bits per heavy atom. The second-order valence-corrected chi connectivity index (χ2v) is 7.15. The van der Waals surface area contributed by atoms with E-state index in [0.29, 0.717) is 12.8 Å². The first-order valence-electron chi connectivity index (χ1n) is 6.87. The van der Waals surface area contributed by atoms with E-state index in [9.17, 15) is 22.4 Å². The van der Waals surface area contributed by atoms with Crippen molar-refractivity contribution in [2.45, 2.75) is 17.7 Å². The topological polar surface area (TPSA) is 101 Å². The quantitative estimate of drug-likeness (QED) is 0.820. The number of hydrogen-bond donors (Lipinski definition) is 1. The van der Waals surface area contributed by atoms with Crippen molar-refractivity contribution in [1.82, 2.24) is 4.31 Å². The second kappa shape index (κ2) is 6.63. The second-order valence-electron chi connectivity index (χ2n) is 5.21. The van der Waals surface area contributed by atoms with Crippen LogP contribution in [0.4, 0.5) is 4.39 Å². The molecule has 1 fully saturated rings. The van der Waals surface area contributed by atoms with E-state index in [4.69, 9.17) is 5.11 Å². The smallest absolute Gasteiger partial charge is 0.337 e. The molecule has 0 spiro atoms. The van der Waals surface area contributed by atoms with Gasteiger partial charge >= 0.3 is 11.9 Å². The molecule has 1 atom stereocenters. The fraction of sp³-hybridized carbons (Fsp3) is 0.429. The summed E-state index contributed by atoms with van der Waals surface area (Å²) in [5, 5.41) is 9.04. The lowest BCUT2D eigenvalue weighted by Crippen LogP contribution is -2.42. The number of benzene rings is 1. The molecular weight excluding hydrogens is 329 g/mol. The Balaban J connectivity index is 2.37. The highest BCUT2D eigenvalue weighted by Crippen LogP contribution is 2.25. The van der Waals surface area contributed by atoms with Crippen molar-refractivity contribution in [2.75, 3.05) is 20.2 Å². The van der Waals surface area contributed by atoms with Gasteiger partial charge in [-0.25, -0.2) is 17.6 Å². The maximum absolute atomic E-state index is 13.6. The van der Waals surface area contributed by atoms with E-state index in [0.717, 1.165) is 29.6 Å². The minimum Gasteiger partial charge on any atom is -0.481 e. The molecular formula is C14H16FNO6S. The molecule has 0 bridgehead atoms. The van der Waals surface area contributed by atoms with Crippen LogP contribution in [0, 0.1) is 11.7 Å². The molecule has 1 aromatic carbocycles. The Hall–Kier alpha value is -2.00. The summed E-state index contributed by atoms with van der Waals surface area (Å²) in [6, 6.07) is 2.70. The van der Waals surface area contributed by atoms with Gasteiger partial charge < -0.3 is 9.84 Å². The van der Waals surface area contributed by atoms with Gasteiger partial charge in [0, 0.05) is 13.1 Å². The summed E-state index contributed by atoms with van der Waals surface area (Å²) in [6.45, 7) is -0.0298. The molecule has 1 saturated heterocycles. The number of methoxy groups -OCH3 is 1. The number of aliphatic carboxylic acids is 1. The van der Waals surface area contributed by atoms with Gasteiger partial charge in [-0.1, -0.05) is 0 Å². The van der Waals surface area contributed by atoms with Gasteiger partial charge in [0.05, 0.1) is 23.5 Å². The number of carbonyl (C=O) groups excluding carboxylic acids is 1. The Morgan fingerprint density at radius 1 is 1.35 bits per heavy atom. The van der Waals surface area contributed by atoms with Gasteiger partial charge in [0.25, 0.3) is 0 Å². The average Bonchev–Trinajstić information content (AvgIpc) is 2.53. The summed E-state index contributed by atoms with van der Waals surface area (Å²) in [7, 11) is -2.99. The lowest BCUT2D eigenvalue weighted by molar-refractivity contribution is -0.142. The Kier molecular flexibility index (Phi) is 5.00. The Morgan fingerprint density at radius 2 is 2.04 bits per heavy atom. The molecule has 0 amide bonds. The number of esters is 1. The van der Waals surface area contributed by atoms with E-state index in [1.54, 1.807) is 0 Å². The van der Waals surface area contributed by atoms with Crippen molar-refractivity contribution in [2.24, 2.45) is 5.92 Å². The number of nitrogens with zero attached hydrogens (tertiary/aromatic N) is 1. The van der Waals surface area contributed by atoms with Crippen molar-refractivity contribution < 1.29 is 32.2 Å². The number of carboxylic acid groups (broad SMARTS) is 1. The van der Waals surface area contributed by atoms with Crippen LogP contribution < -0.4 is 0 Å². The molecule has 0 aliphatic carbocycles. The maximum atomic E-state index is 13.6. The monoisotopic (exact) mass is 345 g/mol. The average molecular weight is 345 g/mol. The van der Waals surface area contributed by atoms with E-state index in [1.807, 2.05) is 0 Å². The third-order valence-corrected chi connectivity index (χ3v) is 5.51. The van der Waals surface area contributed by atoms with Gasteiger partial charge in [-0.2, -0.15) is 4.31 Å². The lowest BCUT2D eigenvalue weighted by atomic mass is 10.0. The number of ether oxygens (including phenoxy) is 1. The zero-order valence-electron chi connectivity index (χ0n) is 12.4. The van der Waals surface area contributed by atoms with E-state index < -0.39 is 38.6 Å². The predicted octanol–water partition coefficient (Wildman–Crippen LogP) is 1.10. The van der Waals surface area contributed by atoms with Crippen molar-refractivity contribution in [1.29, 1.82) is 0 Å². The summed E-state index contributed by atoms with van der Waals surface area (Å²) in [5.41, 5.74) is -0.224. The first-order valence-corrected chi connectivity index (χ1v) is 8.31. The molecule has 1 N–H and O–H groups in total. The van der Waals surface area contributed by atoms with Gasteiger partial charge in [-0.3, -0.25) is 4.79 Å². The molecule has 0 saturated carbocycles. The summed E-state index contributed by atoms with van der Waals surface area (Å²) >= 11 is 0. The zero-order valence-corrected chi connectivity index (χ0v) is 13.2. The summed E-state index contributed by atoms with van der Waals surface area (Å²) in [5.74, 6) is -3.62. The van der Waals surface area contributed by atoms with Crippen LogP contribution in [-0.4, -0.2) is 50.0 Å². The molecule has 7 nitrogen and oxygen atoms in total. The van der Waals surface area contributed by atoms with Gasteiger partial charge in [-0.05, 0) is 31.0 Å². The standard InChI is InChI=1S/C14H16FNO6S/c1-22-14(19)10-5-11(15)7-12(6-10)23(20,21)16-4-2-3-9(8-16)13(17)18/h5-7,9H,2-4,8H2,1H3,(H,17,18). The molecule has 9 heteroatoms. The minimum atomic E-state index is -4.09. The number of carbonyl (C=O) groups is 2. The van der Waals surface area contributed by atoms with Crippen LogP contribution in [0.1, 0.15) is 23.2 Å². The first kappa shape index (κ1) is 17.4. The number of hydrogen-bond acceptors (Lipinski definition) is 5. The molecule has 1 aromatic rings. The van der Waals surface area contributed by atoms with E-state index >= 15 is 0 Å². The third kappa shape index (κ3) is 3.67. The van der Waals surface area contributed by atoms with Crippen LogP contribution in [0.15, 0.2) is 23.1 Å². The third-order valence-electron chi connectivity index (χ3n) is 3.66. The number of halogens is 1. The number of carboxylic acids is 1. The van der Waals surface area contributed by atoms with Crippen LogP contribution in [-0.2, 0) is 19.6 Å². The zero-order chi connectivity index (χ0) is 17.2. The fourth-order valence-electron chi connectivity index (χ4n) is 2.46. The van der Waals surface area contributed by atoms with Crippen molar-refractivity contribution in [3.05, 3.63) is 29.6 Å². The SMILES string of the molecule is COC(=O)c1cc(F)cc(S(=O)(=O)N2CCCC(C(=O)O)C2)c1. The van der Waals surface area contributed by atoms with Crippen molar-refractivity contribution in [3.8, 4) is 0 Å². The van der Waals surface area contributed by atoms with Crippen LogP contribution in [0.5, 0.6) is 0 Å². The van der Waals surface area contributed by atoms with E-state index in [1.165, 1.54) is 0 Å². The molecule has 23 heavy (non-hydrogen) atoms. The highest BCUT2D eigenvalue weighted by atomic mass is 32.2. The van der Waals surface area contributed by atoms with Crippen molar-refractivity contribution in [3.63, 3.8) is 0 Å². The van der Waals surface area contributed by atoms with Crippen LogP contribution in [0.2, 0.25) is 0 Å². The Bertz CT molecular complexity index is 733. The number of piperidine rings is 1. The normalized spacial score (nSPS) is 19.3.